The van der Waals surface area contributed by atoms with E-state index in [9.17, 15) is 9.90 Å². The minimum Gasteiger partial charge on any atom is -0.381 e. The molecule has 104 valence electrons. The second kappa shape index (κ2) is 5.53. The lowest BCUT2D eigenvalue weighted by atomic mass is 9.87. The highest BCUT2D eigenvalue weighted by Gasteiger charge is 2.28. The van der Waals surface area contributed by atoms with Crippen LogP contribution >= 0.6 is 11.6 Å². The molecular formula is C15H15ClN2O2. The lowest BCUT2D eigenvalue weighted by molar-refractivity contribution is 0.103. The van der Waals surface area contributed by atoms with Crippen LogP contribution in [-0.2, 0) is 5.60 Å². The van der Waals surface area contributed by atoms with Gasteiger partial charge in [-0.3, -0.25) is 0 Å². The van der Waals surface area contributed by atoms with Crippen LogP contribution in [0.25, 0.3) is 0 Å². The van der Waals surface area contributed by atoms with Crippen molar-refractivity contribution in [3.05, 3.63) is 64.7 Å². The molecule has 0 aliphatic carbocycles. The summed E-state index contributed by atoms with van der Waals surface area (Å²) in [5, 5.41) is 13.8. The molecule has 0 aromatic heterocycles. The fourth-order valence-electron chi connectivity index (χ4n) is 2.08. The van der Waals surface area contributed by atoms with E-state index in [1.807, 2.05) is 18.2 Å². The number of hydrogen-bond donors (Lipinski definition) is 3. The number of carbonyl (C=O) groups is 1. The Morgan fingerprint density at radius 1 is 1.25 bits per heavy atom. The Balaban J connectivity index is 2.55. The maximum Gasteiger partial charge on any atom is 0.316 e. The van der Waals surface area contributed by atoms with Crippen LogP contribution < -0.4 is 11.1 Å². The first kappa shape index (κ1) is 14.4. The normalized spacial score (nSPS) is 13.6. The molecule has 0 radical (unpaired) electrons. The number of amides is 2. The van der Waals surface area contributed by atoms with E-state index in [1.165, 1.54) is 0 Å². The number of benzene rings is 2. The Bertz CT molecular complexity index is 627. The first-order valence-corrected chi connectivity index (χ1v) is 6.43. The van der Waals surface area contributed by atoms with Gasteiger partial charge in [-0.1, -0.05) is 41.9 Å². The van der Waals surface area contributed by atoms with Gasteiger partial charge < -0.3 is 16.2 Å². The van der Waals surface area contributed by atoms with Gasteiger partial charge in [0.05, 0.1) is 0 Å². The Hall–Kier alpha value is -2.04. The van der Waals surface area contributed by atoms with Crippen molar-refractivity contribution >= 4 is 23.3 Å². The van der Waals surface area contributed by atoms with Gasteiger partial charge >= 0.3 is 6.03 Å². The Kier molecular flexibility index (Phi) is 3.97. The highest BCUT2D eigenvalue weighted by molar-refractivity contribution is 6.30. The minimum atomic E-state index is -1.30. The Labute approximate surface area is 122 Å². The molecule has 0 bridgehead atoms. The highest BCUT2D eigenvalue weighted by Crippen LogP contribution is 2.35. The van der Waals surface area contributed by atoms with Crippen LogP contribution in [0, 0.1) is 0 Å². The Morgan fingerprint density at radius 2 is 1.90 bits per heavy atom. The molecule has 4 nitrogen and oxygen atoms in total. The number of rotatable bonds is 3. The third-order valence-electron chi connectivity index (χ3n) is 3.10. The van der Waals surface area contributed by atoms with Crippen LogP contribution in [0.15, 0.2) is 48.5 Å². The summed E-state index contributed by atoms with van der Waals surface area (Å²) in [6.45, 7) is 1.64. The van der Waals surface area contributed by atoms with Crippen LogP contribution in [0.2, 0.25) is 5.02 Å². The van der Waals surface area contributed by atoms with Crippen molar-refractivity contribution in [1.82, 2.24) is 0 Å². The average Bonchev–Trinajstić information content (AvgIpc) is 2.41. The van der Waals surface area contributed by atoms with Crippen molar-refractivity contribution in [1.29, 1.82) is 0 Å². The molecule has 5 heteroatoms. The molecule has 0 saturated carbocycles. The summed E-state index contributed by atoms with van der Waals surface area (Å²) in [6.07, 6.45) is 0. The first-order chi connectivity index (χ1) is 9.41. The molecule has 0 aliphatic rings. The average molecular weight is 291 g/mol. The molecule has 0 spiro atoms. The third-order valence-corrected chi connectivity index (χ3v) is 3.33. The number of anilines is 1. The number of primary amides is 1. The molecule has 20 heavy (non-hydrogen) atoms. The molecule has 2 amide bonds. The van der Waals surface area contributed by atoms with Gasteiger partial charge in [0.15, 0.2) is 0 Å². The minimum absolute atomic E-state index is 0.427. The summed E-state index contributed by atoms with van der Waals surface area (Å²) in [5.74, 6) is 0. The van der Waals surface area contributed by atoms with Gasteiger partial charge in [-0.15, -0.1) is 0 Å². The van der Waals surface area contributed by atoms with Crippen molar-refractivity contribution < 1.29 is 9.90 Å². The van der Waals surface area contributed by atoms with Crippen LogP contribution in [0.4, 0.5) is 10.5 Å². The largest absolute Gasteiger partial charge is 0.381 e. The monoisotopic (exact) mass is 290 g/mol. The van der Waals surface area contributed by atoms with E-state index < -0.39 is 11.6 Å². The highest BCUT2D eigenvalue weighted by atomic mass is 35.5. The SMILES string of the molecule is CC(O)(c1ccccc1)c1cc(Cl)ccc1NC(N)=O. The summed E-state index contributed by atoms with van der Waals surface area (Å²) in [7, 11) is 0. The lowest BCUT2D eigenvalue weighted by Crippen LogP contribution is -2.27. The number of aliphatic hydroxyl groups is 1. The summed E-state index contributed by atoms with van der Waals surface area (Å²) in [6, 6.07) is 13.3. The molecule has 1 atom stereocenters. The number of hydrogen-bond acceptors (Lipinski definition) is 2. The fraction of sp³-hybridized carbons (Fsp3) is 0.133. The molecule has 0 heterocycles. The van der Waals surface area contributed by atoms with Gasteiger partial charge in [-0.25, -0.2) is 4.79 Å². The van der Waals surface area contributed by atoms with E-state index >= 15 is 0 Å². The zero-order chi connectivity index (χ0) is 14.8. The third kappa shape index (κ3) is 2.92. The van der Waals surface area contributed by atoms with Gasteiger partial charge in [-0.2, -0.15) is 0 Å². The molecular weight excluding hydrogens is 276 g/mol. The molecule has 1 unspecified atom stereocenters. The predicted octanol–water partition coefficient (Wildman–Crippen LogP) is 3.09. The molecule has 2 aromatic carbocycles. The number of urea groups is 1. The van der Waals surface area contributed by atoms with Crippen LogP contribution in [0.3, 0.4) is 0 Å². The fourth-order valence-corrected chi connectivity index (χ4v) is 2.25. The van der Waals surface area contributed by atoms with Crippen molar-refractivity contribution in [2.45, 2.75) is 12.5 Å². The smallest absolute Gasteiger partial charge is 0.316 e. The summed E-state index contributed by atoms with van der Waals surface area (Å²) >= 11 is 5.99. The second-order valence-electron chi connectivity index (χ2n) is 4.62. The summed E-state index contributed by atoms with van der Waals surface area (Å²) in [4.78, 5) is 11.1. The van der Waals surface area contributed by atoms with E-state index in [1.54, 1.807) is 37.3 Å². The van der Waals surface area contributed by atoms with E-state index in [0.29, 0.717) is 21.8 Å². The summed E-state index contributed by atoms with van der Waals surface area (Å²) in [5.41, 5.74) is 5.44. The van der Waals surface area contributed by atoms with Crippen LogP contribution in [-0.4, -0.2) is 11.1 Å². The zero-order valence-corrected chi connectivity index (χ0v) is 11.7. The molecule has 2 aromatic rings. The lowest BCUT2D eigenvalue weighted by Gasteiger charge is -2.27. The van der Waals surface area contributed by atoms with Gasteiger partial charge in [0.25, 0.3) is 0 Å². The number of nitrogens with one attached hydrogen (secondary N) is 1. The van der Waals surface area contributed by atoms with Crippen molar-refractivity contribution in [2.75, 3.05) is 5.32 Å². The number of carbonyl (C=O) groups excluding carboxylic acids is 1. The van der Waals surface area contributed by atoms with Crippen molar-refractivity contribution in [2.24, 2.45) is 5.73 Å². The van der Waals surface area contributed by atoms with Crippen LogP contribution in [0.1, 0.15) is 18.1 Å². The van der Waals surface area contributed by atoms with E-state index in [-0.39, 0.29) is 0 Å². The predicted molar refractivity (Wildman–Crippen MR) is 79.8 cm³/mol. The maximum absolute atomic E-state index is 11.1. The zero-order valence-electron chi connectivity index (χ0n) is 10.9. The molecule has 0 aliphatic heterocycles. The van der Waals surface area contributed by atoms with Gasteiger partial charge in [0, 0.05) is 16.3 Å². The van der Waals surface area contributed by atoms with Crippen LogP contribution in [0.5, 0.6) is 0 Å². The maximum atomic E-state index is 11.1. The first-order valence-electron chi connectivity index (χ1n) is 6.05. The molecule has 0 saturated heterocycles. The van der Waals surface area contributed by atoms with E-state index in [0.717, 1.165) is 0 Å². The topological polar surface area (TPSA) is 75.3 Å². The Morgan fingerprint density at radius 3 is 2.50 bits per heavy atom. The van der Waals surface area contributed by atoms with E-state index in [4.69, 9.17) is 17.3 Å². The van der Waals surface area contributed by atoms with Gasteiger partial charge in [0.2, 0.25) is 0 Å². The second-order valence-corrected chi connectivity index (χ2v) is 5.05. The van der Waals surface area contributed by atoms with Crippen molar-refractivity contribution in [3.8, 4) is 0 Å². The van der Waals surface area contributed by atoms with Gasteiger partial charge in [-0.05, 0) is 30.7 Å². The quantitative estimate of drug-likeness (QED) is 0.812. The van der Waals surface area contributed by atoms with E-state index in [2.05, 4.69) is 5.32 Å². The number of nitrogens with two attached hydrogens (primary N) is 1. The molecule has 0 fully saturated rings. The van der Waals surface area contributed by atoms with Gasteiger partial charge in [0.1, 0.15) is 5.60 Å². The van der Waals surface area contributed by atoms with Crippen molar-refractivity contribution in [3.63, 3.8) is 0 Å². The standard InChI is InChI=1S/C15H15ClN2O2/c1-15(20,10-5-3-2-4-6-10)12-9-11(16)7-8-13(12)18-14(17)19/h2-9,20H,1H3,(H3,17,18,19). The molecule has 4 N–H and O–H groups in total. The summed E-state index contributed by atoms with van der Waals surface area (Å²) < 4.78 is 0. The molecule has 2 rings (SSSR count). The number of halogens is 1.